The Bertz CT molecular complexity index is 591. The number of carboxylic acids is 1. The number of aromatic carboxylic acids is 1. The van der Waals surface area contributed by atoms with Gasteiger partial charge in [-0.05, 0) is 44.9 Å². The monoisotopic (exact) mass is 285 g/mol. The fraction of sp³-hybridized carbons (Fsp3) is 0.462. The van der Waals surface area contributed by atoms with Crippen molar-refractivity contribution in [1.29, 1.82) is 0 Å². The largest absolute Gasteiger partial charge is 0.478 e. The molecule has 0 fully saturated rings. The van der Waals surface area contributed by atoms with Crippen molar-refractivity contribution in [2.75, 3.05) is 0 Å². The second-order valence-corrected chi connectivity index (χ2v) is 6.73. The van der Waals surface area contributed by atoms with Crippen LogP contribution in [0.5, 0.6) is 0 Å². The van der Waals surface area contributed by atoms with Crippen LogP contribution in [-0.4, -0.2) is 25.0 Å². The Labute approximate surface area is 113 Å². The Balaban J connectivity index is 3.31. The van der Waals surface area contributed by atoms with Gasteiger partial charge in [-0.1, -0.05) is 13.0 Å². The molecule has 0 heterocycles. The van der Waals surface area contributed by atoms with E-state index < -0.39 is 21.5 Å². The zero-order valence-corrected chi connectivity index (χ0v) is 12.3. The van der Waals surface area contributed by atoms with Gasteiger partial charge in [0.2, 0.25) is 10.0 Å². The molecule has 0 radical (unpaired) electrons. The van der Waals surface area contributed by atoms with Crippen LogP contribution >= 0.6 is 0 Å². The average Bonchev–Trinajstić information content (AvgIpc) is 2.27. The second kappa shape index (κ2) is 5.30. The van der Waals surface area contributed by atoms with Crippen molar-refractivity contribution in [3.63, 3.8) is 0 Å². The van der Waals surface area contributed by atoms with E-state index >= 15 is 0 Å². The van der Waals surface area contributed by atoms with E-state index in [1.807, 2.05) is 6.92 Å². The Morgan fingerprint density at radius 3 is 2.42 bits per heavy atom. The highest BCUT2D eigenvalue weighted by molar-refractivity contribution is 7.89. The van der Waals surface area contributed by atoms with E-state index in [1.54, 1.807) is 13.8 Å². The number of carboxylic acid groups (broad SMARTS) is 1. The summed E-state index contributed by atoms with van der Waals surface area (Å²) in [5, 5.41) is 9.02. The maximum atomic E-state index is 12.3. The first-order chi connectivity index (χ1) is 8.60. The molecule has 0 aromatic heterocycles. The van der Waals surface area contributed by atoms with Crippen LogP contribution in [-0.2, 0) is 10.0 Å². The summed E-state index contributed by atoms with van der Waals surface area (Å²) in [4.78, 5) is 11.0. The van der Waals surface area contributed by atoms with Crippen molar-refractivity contribution >= 4 is 16.0 Å². The zero-order valence-electron chi connectivity index (χ0n) is 11.5. The molecule has 1 rings (SSSR count). The van der Waals surface area contributed by atoms with Crippen molar-refractivity contribution in [3.8, 4) is 0 Å². The number of rotatable bonds is 5. The fourth-order valence-corrected chi connectivity index (χ4v) is 3.38. The SMILES string of the molecule is CCC(C)(C)NS(=O)(=O)c1cccc(C(=O)O)c1C. The van der Waals surface area contributed by atoms with Gasteiger partial charge < -0.3 is 5.11 Å². The highest BCUT2D eigenvalue weighted by atomic mass is 32.2. The van der Waals surface area contributed by atoms with Gasteiger partial charge in [0.05, 0.1) is 10.5 Å². The standard InChI is InChI=1S/C13H19NO4S/c1-5-13(3,4)14-19(17,18)11-8-6-7-10(9(11)2)12(15)16/h6-8,14H,5H2,1-4H3,(H,15,16). The quantitative estimate of drug-likeness (QED) is 0.868. The molecule has 0 saturated carbocycles. The van der Waals surface area contributed by atoms with Gasteiger partial charge in [0.25, 0.3) is 0 Å². The molecule has 0 aliphatic heterocycles. The van der Waals surface area contributed by atoms with Crippen LogP contribution < -0.4 is 4.72 Å². The van der Waals surface area contributed by atoms with Gasteiger partial charge in [-0.2, -0.15) is 0 Å². The van der Waals surface area contributed by atoms with E-state index in [-0.39, 0.29) is 16.0 Å². The van der Waals surface area contributed by atoms with Crippen LogP contribution in [0.4, 0.5) is 0 Å². The maximum Gasteiger partial charge on any atom is 0.335 e. The molecule has 0 saturated heterocycles. The van der Waals surface area contributed by atoms with E-state index in [0.717, 1.165) is 0 Å². The average molecular weight is 285 g/mol. The summed E-state index contributed by atoms with van der Waals surface area (Å²) in [7, 11) is -3.73. The fourth-order valence-electron chi connectivity index (χ4n) is 1.63. The number of sulfonamides is 1. The van der Waals surface area contributed by atoms with Crippen molar-refractivity contribution in [1.82, 2.24) is 4.72 Å². The van der Waals surface area contributed by atoms with Crippen molar-refractivity contribution in [2.24, 2.45) is 0 Å². The van der Waals surface area contributed by atoms with E-state index in [9.17, 15) is 13.2 Å². The molecule has 6 heteroatoms. The lowest BCUT2D eigenvalue weighted by molar-refractivity contribution is 0.0696. The second-order valence-electron chi connectivity index (χ2n) is 5.08. The molecule has 0 spiro atoms. The molecule has 5 nitrogen and oxygen atoms in total. The first-order valence-corrected chi connectivity index (χ1v) is 7.46. The Morgan fingerprint density at radius 2 is 1.95 bits per heavy atom. The van der Waals surface area contributed by atoms with E-state index in [1.165, 1.54) is 25.1 Å². The summed E-state index contributed by atoms with van der Waals surface area (Å²) in [6.07, 6.45) is 0.629. The van der Waals surface area contributed by atoms with Crippen LogP contribution in [0.1, 0.15) is 43.1 Å². The van der Waals surface area contributed by atoms with Gasteiger partial charge in [0, 0.05) is 5.54 Å². The summed E-state index contributed by atoms with van der Waals surface area (Å²) in [5.74, 6) is -1.13. The molecule has 0 aliphatic rings. The van der Waals surface area contributed by atoms with Gasteiger partial charge in [-0.3, -0.25) is 0 Å². The lowest BCUT2D eigenvalue weighted by Crippen LogP contribution is -2.42. The Morgan fingerprint density at radius 1 is 1.37 bits per heavy atom. The first-order valence-electron chi connectivity index (χ1n) is 5.97. The molecular weight excluding hydrogens is 266 g/mol. The Kier molecular flexibility index (Phi) is 4.37. The number of benzene rings is 1. The minimum Gasteiger partial charge on any atom is -0.478 e. The summed E-state index contributed by atoms with van der Waals surface area (Å²) >= 11 is 0. The Hall–Kier alpha value is -1.40. The predicted molar refractivity (Wildman–Crippen MR) is 72.8 cm³/mol. The third kappa shape index (κ3) is 3.54. The predicted octanol–water partition coefficient (Wildman–Crippen LogP) is 2.16. The van der Waals surface area contributed by atoms with Crippen LogP contribution in [0.15, 0.2) is 23.1 Å². The molecule has 0 atom stereocenters. The van der Waals surface area contributed by atoms with Gasteiger partial charge in [-0.15, -0.1) is 0 Å². The van der Waals surface area contributed by atoms with E-state index in [4.69, 9.17) is 5.11 Å². The third-order valence-corrected chi connectivity index (χ3v) is 4.94. The summed E-state index contributed by atoms with van der Waals surface area (Å²) in [6, 6.07) is 4.24. The minimum absolute atomic E-state index is 0.00261. The number of nitrogens with one attached hydrogen (secondary N) is 1. The van der Waals surface area contributed by atoms with Crippen LogP contribution in [0.2, 0.25) is 0 Å². The number of hydrogen-bond donors (Lipinski definition) is 2. The first kappa shape index (κ1) is 15.7. The van der Waals surface area contributed by atoms with Crippen LogP contribution in [0.3, 0.4) is 0 Å². The van der Waals surface area contributed by atoms with Gasteiger partial charge in [-0.25, -0.2) is 17.9 Å². The molecule has 2 N–H and O–H groups in total. The van der Waals surface area contributed by atoms with Crippen LogP contribution in [0.25, 0.3) is 0 Å². The van der Waals surface area contributed by atoms with Crippen molar-refractivity contribution < 1.29 is 18.3 Å². The molecule has 0 unspecified atom stereocenters. The summed E-state index contributed by atoms with van der Waals surface area (Å²) in [6.45, 7) is 6.93. The molecule has 0 bridgehead atoms. The molecular formula is C13H19NO4S. The van der Waals surface area contributed by atoms with E-state index in [0.29, 0.717) is 6.42 Å². The number of hydrogen-bond acceptors (Lipinski definition) is 3. The smallest absolute Gasteiger partial charge is 0.335 e. The molecule has 106 valence electrons. The normalized spacial score (nSPS) is 12.4. The minimum atomic E-state index is -3.73. The zero-order chi connectivity index (χ0) is 14.8. The van der Waals surface area contributed by atoms with E-state index in [2.05, 4.69) is 4.72 Å². The van der Waals surface area contributed by atoms with Gasteiger partial charge in [0.15, 0.2) is 0 Å². The topological polar surface area (TPSA) is 83.5 Å². The van der Waals surface area contributed by atoms with Crippen LogP contribution in [0, 0.1) is 6.92 Å². The lowest BCUT2D eigenvalue weighted by atomic mass is 10.0. The molecule has 1 aromatic rings. The highest BCUT2D eigenvalue weighted by Gasteiger charge is 2.27. The third-order valence-electron chi connectivity index (χ3n) is 3.10. The van der Waals surface area contributed by atoms with Crippen molar-refractivity contribution in [3.05, 3.63) is 29.3 Å². The van der Waals surface area contributed by atoms with Gasteiger partial charge >= 0.3 is 5.97 Å². The van der Waals surface area contributed by atoms with Crippen molar-refractivity contribution in [2.45, 2.75) is 44.6 Å². The maximum absolute atomic E-state index is 12.3. The molecule has 1 aromatic carbocycles. The summed E-state index contributed by atoms with van der Waals surface area (Å²) < 4.78 is 27.2. The number of carbonyl (C=O) groups is 1. The lowest BCUT2D eigenvalue weighted by Gasteiger charge is -2.24. The molecule has 0 amide bonds. The highest BCUT2D eigenvalue weighted by Crippen LogP contribution is 2.21. The van der Waals surface area contributed by atoms with Gasteiger partial charge in [0.1, 0.15) is 0 Å². The molecule has 19 heavy (non-hydrogen) atoms. The molecule has 0 aliphatic carbocycles. The summed E-state index contributed by atoms with van der Waals surface area (Å²) in [5.41, 5.74) is -0.337.